The molecule has 0 aromatic heterocycles. The lowest BCUT2D eigenvalue weighted by Gasteiger charge is -2.37. The number of carbonyl (C=O) groups is 1. The summed E-state index contributed by atoms with van der Waals surface area (Å²) < 4.78 is 0. The monoisotopic (exact) mass is 343 g/mol. The molecule has 1 N–H and O–H groups in total. The molecular formula is C13H27Cl2N3OS. The van der Waals surface area contributed by atoms with E-state index in [0.29, 0.717) is 24.4 Å². The molecule has 2 heterocycles. The summed E-state index contributed by atoms with van der Waals surface area (Å²) in [5, 5.41) is 3.44. The number of halogens is 2. The Bertz CT molecular complexity index is 281. The molecule has 2 aliphatic rings. The van der Waals surface area contributed by atoms with Crippen molar-refractivity contribution < 1.29 is 4.79 Å². The summed E-state index contributed by atoms with van der Waals surface area (Å²) in [7, 11) is 0. The van der Waals surface area contributed by atoms with Gasteiger partial charge in [0, 0.05) is 62.7 Å². The van der Waals surface area contributed by atoms with Crippen molar-refractivity contribution in [3.8, 4) is 0 Å². The molecule has 0 bridgehead atoms. The van der Waals surface area contributed by atoms with E-state index in [-0.39, 0.29) is 24.8 Å². The van der Waals surface area contributed by atoms with Crippen LogP contribution in [0.25, 0.3) is 0 Å². The van der Waals surface area contributed by atoms with Crippen LogP contribution in [0.15, 0.2) is 0 Å². The van der Waals surface area contributed by atoms with Crippen molar-refractivity contribution in [2.24, 2.45) is 0 Å². The van der Waals surface area contributed by atoms with Crippen LogP contribution in [0, 0.1) is 0 Å². The van der Waals surface area contributed by atoms with Gasteiger partial charge >= 0.3 is 0 Å². The summed E-state index contributed by atoms with van der Waals surface area (Å²) in [5.74, 6) is 2.59. The number of amides is 1. The number of rotatable bonds is 3. The Labute approximate surface area is 139 Å². The van der Waals surface area contributed by atoms with Crippen molar-refractivity contribution in [1.82, 2.24) is 15.1 Å². The zero-order chi connectivity index (χ0) is 13.0. The molecule has 0 radical (unpaired) electrons. The fraction of sp³-hybridized carbons (Fsp3) is 0.923. The standard InChI is InChI=1S/C13H25N3OS.2ClH/c1-11(2)15-4-6-16(7-5-15)13(17)9-12-10-18-8-3-14-12;;/h11-12,14H,3-10H2,1-2H3;2*1H. The van der Waals surface area contributed by atoms with E-state index in [9.17, 15) is 4.79 Å². The zero-order valence-electron chi connectivity index (χ0n) is 12.3. The molecule has 1 amide bonds. The number of nitrogens with one attached hydrogen (secondary N) is 1. The van der Waals surface area contributed by atoms with Gasteiger partial charge in [-0.2, -0.15) is 11.8 Å². The van der Waals surface area contributed by atoms with Gasteiger partial charge in [-0.05, 0) is 13.8 Å². The van der Waals surface area contributed by atoms with Crippen LogP contribution in [0.5, 0.6) is 0 Å². The molecule has 0 spiro atoms. The van der Waals surface area contributed by atoms with E-state index in [1.165, 1.54) is 5.75 Å². The van der Waals surface area contributed by atoms with Gasteiger partial charge in [0.15, 0.2) is 0 Å². The lowest BCUT2D eigenvalue weighted by molar-refractivity contribution is -0.133. The Morgan fingerprint density at radius 2 is 1.90 bits per heavy atom. The zero-order valence-corrected chi connectivity index (χ0v) is 14.8. The number of hydrogen-bond donors (Lipinski definition) is 1. The van der Waals surface area contributed by atoms with E-state index in [1.807, 2.05) is 16.7 Å². The fourth-order valence-electron chi connectivity index (χ4n) is 2.58. The maximum atomic E-state index is 12.2. The van der Waals surface area contributed by atoms with Crippen LogP contribution < -0.4 is 5.32 Å². The molecular weight excluding hydrogens is 317 g/mol. The van der Waals surface area contributed by atoms with Gasteiger partial charge in [-0.1, -0.05) is 0 Å². The largest absolute Gasteiger partial charge is 0.340 e. The highest BCUT2D eigenvalue weighted by molar-refractivity contribution is 7.99. The third-order valence-corrected chi connectivity index (χ3v) is 4.95. The van der Waals surface area contributed by atoms with Gasteiger partial charge in [0.1, 0.15) is 0 Å². The average Bonchev–Trinajstić information content (AvgIpc) is 2.40. The minimum absolute atomic E-state index is 0. The molecule has 0 aromatic rings. The summed E-state index contributed by atoms with van der Waals surface area (Å²) >= 11 is 1.95. The molecule has 120 valence electrons. The van der Waals surface area contributed by atoms with Crippen LogP contribution in [-0.4, -0.2) is 72.0 Å². The molecule has 1 atom stereocenters. The second-order valence-electron chi connectivity index (χ2n) is 5.44. The van der Waals surface area contributed by atoms with E-state index >= 15 is 0 Å². The van der Waals surface area contributed by atoms with Crippen LogP contribution in [0.2, 0.25) is 0 Å². The first kappa shape index (κ1) is 20.3. The quantitative estimate of drug-likeness (QED) is 0.841. The maximum absolute atomic E-state index is 12.2. The molecule has 2 aliphatic heterocycles. The molecule has 2 saturated heterocycles. The molecule has 1 unspecified atom stereocenters. The minimum atomic E-state index is 0. The topological polar surface area (TPSA) is 35.6 Å². The van der Waals surface area contributed by atoms with E-state index < -0.39 is 0 Å². The van der Waals surface area contributed by atoms with Gasteiger partial charge in [-0.25, -0.2) is 0 Å². The van der Waals surface area contributed by atoms with Gasteiger partial charge in [0.2, 0.25) is 5.91 Å². The van der Waals surface area contributed by atoms with Crippen molar-refractivity contribution in [3.05, 3.63) is 0 Å². The Morgan fingerprint density at radius 3 is 2.40 bits per heavy atom. The molecule has 0 aliphatic carbocycles. The summed E-state index contributed by atoms with van der Waals surface area (Å²) in [6.45, 7) is 9.34. The van der Waals surface area contributed by atoms with Crippen molar-refractivity contribution >= 4 is 42.5 Å². The number of nitrogens with zero attached hydrogens (tertiary/aromatic N) is 2. The van der Waals surface area contributed by atoms with E-state index in [4.69, 9.17) is 0 Å². The van der Waals surface area contributed by atoms with Gasteiger partial charge in [-0.3, -0.25) is 9.69 Å². The normalized spacial score (nSPS) is 23.9. The fourth-order valence-corrected chi connectivity index (χ4v) is 3.53. The molecule has 2 rings (SSSR count). The van der Waals surface area contributed by atoms with Crippen LogP contribution in [0.1, 0.15) is 20.3 Å². The molecule has 2 fully saturated rings. The first-order valence-corrected chi connectivity index (χ1v) is 8.15. The summed E-state index contributed by atoms with van der Waals surface area (Å²) in [5.41, 5.74) is 0. The third-order valence-electron chi connectivity index (χ3n) is 3.82. The Kier molecular flexibility index (Phi) is 10.3. The third kappa shape index (κ3) is 5.98. The molecule has 4 nitrogen and oxygen atoms in total. The first-order valence-electron chi connectivity index (χ1n) is 7.00. The Hall–Kier alpha value is 0.320. The van der Waals surface area contributed by atoms with Gasteiger partial charge in [0.25, 0.3) is 0 Å². The van der Waals surface area contributed by atoms with Crippen molar-refractivity contribution in [1.29, 1.82) is 0 Å². The second-order valence-corrected chi connectivity index (χ2v) is 6.59. The second kappa shape index (κ2) is 10.1. The summed E-state index contributed by atoms with van der Waals surface area (Å²) in [6.07, 6.45) is 0.675. The van der Waals surface area contributed by atoms with Crippen LogP contribution in [0.4, 0.5) is 0 Å². The molecule has 0 saturated carbocycles. The predicted octanol–water partition coefficient (Wildman–Crippen LogP) is 1.48. The molecule has 20 heavy (non-hydrogen) atoms. The smallest absolute Gasteiger partial charge is 0.224 e. The first-order chi connectivity index (χ1) is 8.66. The highest BCUT2D eigenvalue weighted by Gasteiger charge is 2.25. The van der Waals surface area contributed by atoms with Crippen molar-refractivity contribution in [2.75, 3.05) is 44.2 Å². The van der Waals surface area contributed by atoms with Crippen LogP contribution in [-0.2, 0) is 4.79 Å². The van der Waals surface area contributed by atoms with Gasteiger partial charge in [0.05, 0.1) is 0 Å². The summed E-state index contributed by atoms with van der Waals surface area (Å²) in [4.78, 5) is 16.7. The maximum Gasteiger partial charge on any atom is 0.224 e. The lowest BCUT2D eigenvalue weighted by Crippen LogP contribution is -2.52. The number of piperazine rings is 1. The number of hydrogen-bond acceptors (Lipinski definition) is 4. The Balaban J connectivity index is 0.00000180. The number of carbonyl (C=O) groups excluding carboxylic acids is 1. The van der Waals surface area contributed by atoms with Crippen molar-refractivity contribution in [3.63, 3.8) is 0 Å². The lowest BCUT2D eigenvalue weighted by atomic mass is 10.2. The number of thioether (sulfide) groups is 1. The minimum Gasteiger partial charge on any atom is -0.340 e. The van der Waals surface area contributed by atoms with E-state index in [0.717, 1.165) is 38.5 Å². The van der Waals surface area contributed by atoms with Crippen molar-refractivity contribution in [2.45, 2.75) is 32.4 Å². The molecule has 0 aromatic carbocycles. The van der Waals surface area contributed by atoms with Gasteiger partial charge < -0.3 is 10.2 Å². The Morgan fingerprint density at radius 1 is 1.25 bits per heavy atom. The highest BCUT2D eigenvalue weighted by atomic mass is 35.5. The van der Waals surface area contributed by atoms with Gasteiger partial charge in [-0.15, -0.1) is 24.8 Å². The SMILES string of the molecule is CC(C)N1CCN(C(=O)CC2CSCCN2)CC1.Cl.Cl. The average molecular weight is 344 g/mol. The van der Waals surface area contributed by atoms with Crippen LogP contribution in [0.3, 0.4) is 0 Å². The van der Waals surface area contributed by atoms with Crippen LogP contribution >= 0.6 is 36.6 Å². The molecule has 7 heteroatoms. The van der Waals surface area contributed by atoms with E-state index in [1.54, 1.807) is 0 Å². The summed E-state index contributed by atoms with van der Waals surface area (Å²) in [6, 6.07) is 0.984. The highest BCUT2D eigenvalue weighted by Crippen LogP contribution is 2.13. The van der Waals surface area contributed by atoms with E-state index in [2.05, 4.69) is 24.1 Å². The predicted molar refractivity (Wildman–Crippen MR) is 91.5 cm³/mol.